The smallest absolute Gasteiger partial charge is 0.397 e. The highest BCUT2D eigenvalue weighted by molar-refractivity contribution is 5.87. The lowest BCUT2D eigenvalue weighted by Crippen LogP contribution is -2.00. The molecule has 0 N–H and O–H groups in total. The molecule has 3 aromatic rings. The van der Waals surface area contributed by atoms with Gasteiger partial charge in [-0.25, -0.2) is 4.79 Å². The molecule has 3 rings (SSSR count). The van der Waals surface area contributed by atoms with E-state index in [2.05, 4.69) is 14.9 Å². The number of benzene rings is 2. The molecule has 1 aromatic heterocycles. The summed E-state index contributed by atoms with van der Waals surface area (Å²) in [6.07, 6.45) is 0. The van der Waals surface area contributed by atoms with E-state index in [-0.39, 0.29) is 5.89 Å². The average Bonchev–Trinajstić information content (AvgIpc) is 2.95. The zero-order valence-electron chi connectivity index (χ0n) is 10.2. The number of hydrogen-bond donors (Lipinski definition) is 0. The molecule has 0 bridgehead atoms. The van der Waals surface area contributed by atoms with Gasteiger partial charge in [0.15, 0.2) is 0 Å². The fourth-order valence-corrected chi connectivity index (χ4v) is 1.84. The standard InChI is InChI=1S/C14H10N2O3/c1-18-14(17)13-15-12(16-19-13)11-7-6-9-4-2-3-5-10(9)8-11/h2-8H,1H3. The molecule has 0 saturated carbocycles. The van der Waals surface area contributed by atoms with Gasteiger partial charge in [0, 0.05) is 5.56 Å². The Labute approximate surface area is 108 Å². The third-order valence-electron chi connectivity index (χ3n) is 2.79. The van der Waals surface area contributed by atoms with Crippen LogP contribution in [-0.4, -0.2) is 23.2 Å². The van der Waals surface area contributed by atoms with Gasteiger partial charge in [-0.05, 0) is 16.8 Å². The third-order valence-corrected chi connectivity index (χ3v) is 2.79. The van der Waals surface area contributed by atoms with E-state index in [1.807, 2.05) is 42.5 Å². The molecule has 0 radical (unpaired) electrons. The van der Waals surface area contributed by atoms with Crippen LogP contribution in [-0.2, 0) is 4.74 Å². The number of aromatic nitrogens is 2. The molecule has 5 nitrogen and oxygen atoms in total. The normalized spacial score (nSPS) is 10.6. The summed E-state index contributed by atoms with van der Waals surface area (Å²) < 4.78 is 9.37. The number of ether oxygens (including phenoxy) is 1. The van der Waals surface area contributed by atoms with Crippen molar-refractivity contribution < 1.29 is 14.1 Å². The first-order chi connectivity index (χ1) is 9.28. The maximum absolute atomic E-state index is 11.3. The lowest BCUT2D eigenvalue weighted by molar-refractivity contribution is 0.0545. The first-order valence-corrected chi connectivity index (χ1v) is 5.69. The van der Waals surface area contributed by atoms with Crippen molar-refractivity contribution >= 4 is 16.7 Å². The van der Waals surface area contributed by atoms with Crippen molar-refractivity contribution in [1.29, 1.82) is 0 Å². The average molecular weight is 254 g/mol. The van der Waals surface area contributed by atoms with Gasteiger partial charge < -0.3 is 9.26 Å². The van der Waals surface area contributed by atoms with Gasteiger partial charge in [-0.2, -0.15) is 4.98 Å². The van der Waals surface area contributed by atoms with Crippen LogP contribution in [0.2, 0.25) is 0 Å². The van der Waals surface area contributed by atoms with E-state index in [4.69, 9.17) is 4.52 Å². The highest BCUT2D eigenvalue weighted by Crippen LogP contribution is 2.22. The minimum atomic E-state index is -0.639. The zero-order valence-corrected chi connectivity index (χ0v) is 10.2. The summed E-state index contributed by atoms with van der Waals surface area (Å²) in [5.41, 5.74) is 0.789. The topological polar surface area (TPSA) is 65.2 Å². The molecule has 19 heavy (non-hydrogen) atoms. The number of carbonyl (C=O) groups is 1. The van der Waals surface area contributed by atoms with E-state index in [0.29, 0.717) is 5.82 Å². The zero-order chi connectivity index (χ0) is 13.2. The first kappa shape index (κ1) is 11.4. The Morgan fingerprint density at radius 2 is 1.95 bits per heavy atom. The van der Waals surface area contributed by atoms with Gasteiger partial charge >= 0.3 is 11.9 Å². The molecular formula is C14H10N2O3. The summed E-state index contributed by atoms with van der Waals surface area (Å²) in [5, 5.41) is 5.98. The fraction of sp³-hybridized carbons (Fsp3) is 0.0714. The van der Waals surface area contributed by atoms with E-state index < -0.39 is 5.97 Å². The Hall–Kier alpha value is -2.69. The number of methoxy groups -OCH3 is 1. The SMILES string of the molecule is COC(=O)c1nc(-c2ccc3ccccc3c2)no1. The lowest BCUT2D eigenvalue weighted by Gasteiger charge is -1.99. The second-order valence-corrected chi connectivity index (χ2v) is 3.98. The van der Waals surface area contributed by atoms with Crippen LogP contribution in [0.25, 0.3) is 22.2 Å². The molecule has 0 spiro atoms. The van der Waals surface area contributed by atoms with Crippen molar-refractivity contribution in [3.63, 3.8) is 0 Å². The maximum Gasteiger partial charge on any atom is 0.397 e. The summed E-state index contributed by atoms with van der Waals surface area (Å²) in [7, 11) is 1.27. The molecule has 0 amide bonds. The van der Waals surface area contributed by atoms with Gasteiger partial charge in [0.05, 0.1) is 7.11 Å². The summed E-state index contributed by atoms with van der Waals surface area (Å²) in [6, 6.07) is 13.8. The number of hydrogen-bond acceptors (Lipinski definition) is 5. The van der Waals surface area contributed by atoms with Crippen LogP contribution in [0.4, 0.5) is 0 Å². The monoisotopic (exact) mass is 254 g/mol. The quantitative estimate of drug-likeness (QED) is 0.658. The number of esters is 1. The van der Waals surface area contributed by atoms with E-state index in [1.54, 1.807) is 0 Å². The Balaban J connectivity index is 2.04. The summed E-state index contributed by atoms with van der Waals surface area (Å²) in [4.78, 5) is 15.3. The largest absolute Gasteiger partial charge is 0.462 e. The Bertz CT molecular complexity index is 749. The fourth-order valence-electron chi connectivity index (χ4n) is 1.84. The Kier molecular flexibility index (Phi) is 2.72. The molecular weight excluding hydrogens is 244 g/mol. The molecule has 0 aliphatic heterocycles. The van der Waals surface area contributed by atoms with Crippen LogP contribution in [0.1, 0.15) is 10.7 Å². The summed E-state index contributed by atoms with van der Waals surface area (Å²) in [5.74, 6) is -0.420. The van der Waals surface area contributed by atoms with E-state index >= 15 is 0 Å². The first-order valence-electron chi connectivity index (χ1n) is 5.69. The molecule has 94 valence electrons. The van der Waals surface area contributed by atoms with Gasteiger partial charge in [0.2, 0.25) is 5.82 Å². The summed E-state index contributed by atoms with van der Waals surface area (Å²) >= 11 is 0. The van der Waals surface area contributed by atoms with Gasteiger partial charge in [-0.1, -0.05) is 41.6 Å². The second-order valence-electron chi connectivity index (χ2n) is 3.98. The predicted molar refractivity (Wildman–Crippen MR) is 68.6 cm³/mol. The molecule has 0 saturated heterocycles. The van der Waals surface area contributed by atoms with Crippen LogP contribution in [0, 0.1) is 0 Å². The van der Waals surface area contributed by atoms with Gasteiger partial charge in [0.1, 0.15) is 0 Å². The highest BCUT2D eigenvalue weighted by Gasteiger charge is 2.16. The van der Waals surface area contributed by atoms with Crippen LogP contribution in [0.15, 0.2) is 47.0 Å². The molecule has 0 aliphatic carbocycles. The van der Waals surface area contributed by atoms with Gasteiger partial charge in [0.25, 0.3) is 0 Å². The molecule has 0 fully saturated rings. The van der Waals surface area contributed by atoms with Gasteiger partial charge in [-0.15, -0.1) is 0 Å². The van der Waals surface area contributed by atoms with Crippen LogP contribution < -0.4 is 0 Å². The maximum atomic E-state index is 11.3. The molecule has 2 aromatic carbocycles. The van der Waals surface area contributed by atoms with Crippen molar-refractivity contribution in [3.05, 3.63) is 48.4 Å². The lowest BCUT2D eigenvalue weighted by atomic mass is 10.1. The van der Waals surface area contributed by atoms with Crippen molar-refractivity contribution in [1.82, 2.24) is 10.1 Å². The van der Waals surface area contributed by atoms with E-state index in [0.717, 1.165) is 16.3 Å². The summed E-state index contributed by atoms with van der Waals surface area (Å²) in [6.45, 7) is 0. The van der Waals surface area contributed by atoms with E-state index in [1.165, 1.54) is 7.11 Å². The number of nitrogens with zero attached hydrogens (tertiary/aromatic N) is 2. The Morgan fingerprint density at radius 1 is 1.16 bits per heavy atom. The number of fused-ring (bicyclic) bond motifs is 1. The van der Waals surface area contributed by atoms with Crippen LogP contribution >= 0.6 is 0 Å². The van der Waals surface area contributed by atoms with Crippen molar-refractivity contribution in [2.45, 2.75) is 0 Å². The molecule has 0 unspecified atom stereocenters. The van der Waals surface area contributed by atoms with Gasteiger partial charge in [-0.3, -0.25) is 0 Å². The molecule has 0 aliphatic rings. The third kappa shape index (κ3) is 2.06. The van der Waals surface area contributed by atoms with Crippen molar-refractivity contribution in [2.75, 3.05) is 7.11 Å². The second kappa shape index (κ2) is 4.53. The number of rotatable bonds is 2. The molecule has 1 heterocycles. The molecule has 0 atom stereocenters. The van der Waals surface area contributed by atoms with Crippen molar-refractivity contribution in [2.24, 2.45) is 0 Å². The van der Waals surface area contributed by atoms with Crippen molar-refractivity contribution in [3.8, 4) is 11.4 Å². The van der Waals surface area contributed by atoms with E-state index in [9.17, 15) is 4.79 Å². The van der Waals surface area contributed by atoms with Crippen LogP contribution in [0.3, 0.4) is 0 Å². The highest BCUT2D eigenvalue weighted by atomic mass is 16.6. The molecule has 5 heteroatoms. The van der Waals surface area contributed by atoms with Crippen LogP contribution in [0.5, 0.6) is 0 Å². The Morgan fingerprint density at radius 3 is 2.74 bits per heavy atom. The predicted octanol–water partition coefficient (Wildman–Crippen LogP) is 2.68. The minimum Gasteiger partial charge on any atom is -0.462 e. The minimum absolute atomic E-state index is 0.148. The number of carbonyl (C=O) groups excluding carboxylic acids is 1.